The van der Waals surface area contributed by atoms with Crippen LogP contribution in [-0.2, 0) is 6.42 Å². The van der Waals surface area contributed by atoms with Crippen molar-refractivity contribution in [2.75, 3.05) is 12.5 Å². The molecule has 0 amide bonds. The summed E-state index contributed by atoms with van der Waals surface area (Å²) in [5.41, 5.74) is 1.37. The normalized spacial score (nSPS) is 10.7. The topological polar surface area (TPSA) is 9.23 Å². The molecule has 0 radical (unpaired) electrons. The van der Waals surface area contributed by atoms with E-state index in [4.69, 9.17) is 16.3 Å². The van der Waals surface area contributed by atoms with Crippen molar-refractivity contribution in [1.29, 1.82) is 0 Å². The molecule has 0 heterocycles. The monoisotopic (exact) mass is 248 g/mol. The van der Waals surface area contributed by atoms with Crippen LogP contribution in [-0.4, -0.2) is 12.5 Å². The maximum absolute atomic E-state index is 5.67. The Balaban J connectivity index is 2.28. The van der Waals surface area contributed by atoms with E-state index in [2.05, 4.69) is 37.3 Å². The maximum Gasteiger partial charge on any atom is 0.119 e. The molecule has 0 aliphatic heterocycles. The largest absolute Gasteiger partial charge is 0.494 e. The van der Waals surface area contributed by atoms with Crippen LogP contribution >= 0.6 is 11.6 Å². The molecule has 90 valence electrons. The summed E-state index contributed by atoms with van der Waals surface area (Å²) in [6.45, 7) is 2.86. The lowest BCUT2D eigenvalue weighted by molar-refractivity contribution is 0.319. The molecule has 2 aromatic carbocycles. The zero-order valence-corrected chi connectivity index (χ0v) is 10.8. The van der Waals surface area contributed by atoms with E-state index in [9.17, 15) is 0 Å². The first-order chi connectivity index (χ1) is 8.35. The minimum Gasteiger partial charge on any atom is -0.494 e. The molecular formula is C15H17ClO. The quantitative estimate of drug-likeness (QED) is 0.563. The predicted molar refractivity (Wildman–Crippen MR) is 74.2 cm³/mol. The van der Waals surface area contributed by atoms with Gasteiger partial charge in [0.05, 0.1) is 6.61 Å². The molecule has 0 bridgehead atoms. The third-order valence-electron chi connectivity index (χ3n) is 2.87. The molecule has 1 nitrogen and oxygen atoms in total. The van der Waals surface area contributed by atoms with Gasteiger partial charge in [0.15, 0.2) is 0 Å². The van der Waals surface area contributed by atoms with Crippen molar-refractivity contribution >= 4 is 22.4 Å². The van der Waals surface area contributed by atoms with Crippen LogP contribution in [0.3, 0.4) is 0 Å². The number of benzene rings is 2. The molecule has 0 unspecified atom stereocenters. The van der Waals surface area contributed by atoms with Gasteiger partial charge >= 0.3 is 0 Å². The third kappa shape index (κ3) is 2.92. The van der Waals surface area contributed by atoms with Gasteiger partial charge in [0.25, 0.3) is 0 Å². The molecule has 0 aliphatic carbocycles. The van der Waals surface area contributed by atoms with Crippen molar-refractivity contribution in [3.8, 4) is 5.75 Å². The van der Waals surface area contributed by atoms with E-state index >= 15 is 0 Å². The summed E-state index contributed by atoms with van der Waals surface area (Å²) in [5, 5.41) is 2.56. The van der Waals surface area contributed by atoms with Crippen molar-refractivity contribution in [3.63, 3.8) is 0 Å². The van der Waals surface area contributed by atoms with Gasteiger partial charge in [-0.05, 0) is 41.3 Å². The highest BCUT2D eigenvalue weighted by atomic mass is 35.5. The number of hydrogen-bond donors (Lipinski definition) is 0. The predicted octanol–water partition coefficient (Wildman–Crippen LogP) is 4.41. The summed E-state index contributed by atoms with van der Waals surface area (Å²) in [7, 11) is 0. The first-order valence-electron chi connectivity index (χ1n) is 6.05. The fourth-order valence-corrected chi connectivity index (χ4v) is 2.07. The third-order valence-corrected chi connectivity index (χ3v) is 3.14. The minimum atomic E-state index is 0.647. The van der Waals surface area contributed by atoms with Crippen LogP contribution < -0.4 is 4.74 Å². The van der Waals surface area contributed by atoms with Crippen LogP contribution in [0.2, 0.25) is 0 Å². The molecule has 0 aromatic heterocycles. The van der Waals surface area contributed by atoms with Crippen LogP contribution in [0, 0.1) is 0 Å². The number of fused-ring (bicyclic) bond motifs is 1. The molecule has 2 heteroatoms. The van der Waals surface area contributed by atoms with Gasteiger partial charge in [-0.2, -0.15) is 0 Å². The van der Waals surface area contributed by atoms with Crippen molar-refractivity contribution < 1.29 is 4.74 Å². The Hall–Kier alpha value is -1.21. The van der Waals surface area contributed by atoms with Crippen LogP contribution in [0.5, 0.6) is 5.75 Å². The van der Waals surface area contributed by atoms with Gasteiger partial charge in [-0.25, -0.2) is 0 Å². The van der Waals surface area contributed by atoms with Gasteiger partial charge in [0.2, 0.25) is 0 Å². The van der Waals surface area contributed by atoms with Gasteiger partial charge < -0.3 is 4.74 Å². The average molecular weight is 249 g/mol. The van der Waals surface area contributed by atoms with Gasteiger partial charge in [-0.15, -0.1) is 11.6 Å². The molecule has 0 saturated heterocycles. The summed E-state index contributed by atoms with van der Waals surface area (Å²) in [5.74, 6) is 1.58. The van der Waals surface area contributed by atoms with Gasteiger partial charge in [0, 0.05) is 5.88 Å². The Morgan fingerprint density at radius 1 is 1.18 bits per heavy atom. The zero-order valence-electron chi connectivity index (χ0n) is 10.1. The van der Waals surface area contributed by atoms with Crippen LogP contribution in [0.15, 0.2) is 36.4 Å². The van der Waals surface area contributed by atoms with Crippen molar-refractivity contribution in [2.24, 2.45) is 0 Å². The Morgan fingerprint density at radius 3 is 2.82 bits per heavy atom. The van der Waals surface area contributed by atoms with E-state index < -0.39 is 0 Å². The molecular weight excluding hydrogens is 232 g/mol. The molecule has 0 spiro atoms. The van der Waals surface area contributed by atoms with E-state index in [-0.39, 0.29) is 0 Å². The second kappa shape index (κ2) is 5.92. The second-order valence-electron chi connectivity index (χ2n) is 4.04. The van der Waals surface area contributed by atoms with Crippen LogP contribution in [0.25, 0.3) is 10.8 Å². The number of hydrogen-bond acceptors (Lipinski definition) is 1. The lowest BCUT2D eigenvalue weighted by Crippen LogP contribution is -1.97. The molecule has 2 aromatic rings. The molecule has 0 atom stereocenters. The highest BCUT2D eigenvalue weighted by molar-refractivity contribution is 6.17. The van der Waals surface area contributed by atoms with E-state index in [0.29, 0.717) is 12.5 Å². The fourth-order valence-electron chi connectivity index (χ4n) is 1.96. The summed E-state index contributed by atoms with van der Waals surface area (Å²) in [6, 6.07) is 12.7. The van der Waals surface area contributed by atoms with Crippen LogP contribution in [0.4, 0.5) is 0 Å². The van der Waals surface area contributed by atoms with Crippen molar-refractivity contribution in [2.45, 2.75) is 19.8 Å². The molecule has 17 heavy (non-hydrogen) atoms. The molecule has 0 saturated carbocycles. The smallest absolute Gasteiger partial charge is 0.119 e. The lowest BCUT2D eigenvalue weighted by Gasteiger charge is -2.08. The number of rotatable bonds is 5. The fraction of sp³-hybridized carbons (Fsp3) is 0.333. The first-order valence-corrected chi connectivity index (χ1v) is 6.59. The first kappa shape index (κ1) is 12.3. The molecule has 2 rings (SSSR count). The Bertz CT molecular complexity index is 493. The minimum absolute atomic E-state index is 0.647. The Labute approximate surface area is 107 Å². The van der Waals surface area contributed by atoms with E-state index in [1.54, 1.807) is 0 Å². The Morgan fingerprint density at radius 2 is 2.06 bits per heavy atom. The lowest BCUT2D eigenvalue weighted by atomic mass is 10.0. The van der Waals surface area contributed by atoms with Gasteiger partial charge in [-0.1, -0.05) is 31.2 Å². The van der Waals surface area contributed by atoms with Gasteiger partial charge in [0.1, 0.15) is 5.75 Å². The average Bonchev–Trinajstić information content (AvgIpc) is 2.38. The van der Waals surface area contributed by atoms with E-state index in [1.807, 2.05) is 6.07 Å². The number of halogens is 1. The number of alkyl halides is 1. The van der Waals surface area contributed by atoms with E-state index in [0.717, 1.165) is 18.6 Å². The SMILES string of the molecule is CCc1cccc2ccc(OCCCCl)cc12. The summed E-state index contributed by atoms with van der Waals surface area (Å²) in [4.78, 5) is 0. The standard InChI is InChI=1S/C15H17ClO/c1-2-12-5-3-6-13-7-8-14(11-15(12)13)17-10-4-9-16/h3,5-8,11H,2,4,9-10H2,1H3. The van der Waals surface area contributed by atoms with Gasteiger partial charge in [-0.3, -0.25) is 0 Å². The molecule has 0 N–H and O–H groups in total. The highest BCUT2D eigenvalue weighted by Gasteiger charge is 2.01. The zero-order chi connectivity index (χ0) is 12.1. The highest BCUT2D eigenvalue weighted by Crippen LogP contribution is 2.24. The summed E-state index contributed by atoms with van der Waals surface area (Å²) < 4.78 is 5.67. The van der Waals surface area contributed by atoms with Crippen LogP contribution in [0.1, 0.15) is 18.9 Å². The number of ether oxygens (including phenoxy) is 1. The summed E-state index contributed by atoms with van der Waals surface area (Å²) >= 11 is 5.63. The van der Waals surface area contributed by atoms with Crippen molar-refractivity contribution in [1.82, 2.24) is 0 Å². The van der Waals surface area contributed by atoms with E-state index in [1.165, 1.54) is 16.3 Å². The second-order valence-corrected chi connectivity index (χ2v) is 4.42. The maximum atomic E-state index is 5.67. The van der Waals surface area contributed by atoms with Crippen molar-refractivity contribution in [3.05, 3.63) is 42.0 Å². The summed E-state index contributed by atoms with van der Waals surface area (Å²) in [6.07, 6.45) is 1.93. The molecule has 0 aliphatic rings. The molecule has 0 fully saturated rings. The number of aryl methyl sites for hydroxylation is 1. The Kier molecular flexibility index (Phi) is 4.27.